The molecule has 1 heterocycles. The smallest absolute Gasteiger partial charge is 0.240 e. The molecule has 1 aliphatic rings. The number of hydrogen-bond acceptors (Lipinski definition) is 5. The Bertz CT molecular complexity index is 368. The van der Waals surface area contributed by atoms with Crippen molar-refractivity contribution in [3.63, 3.8) is 0 Å². The van der Waals surface area contributed by atoms with Gasteiger partial charge >= 0.3 is 0 Å². The number of nitrogens with zero attached hydrogens (tertiary/aromatic N) is 3. The van der Waals surface area contributed by atoms with Gasteiger partial charge in [-0.05, 0) is 19.8 Å². The Balaban J connectivity index is 1.85. The molecule has 1 fully saturated rings. The molecule has 80 valence electrons. The molecule has 1 N–H and O–H groups in total. The van der Waals surface area contributed by atoms with E-state index in [2.05, 4.69) is 21.5 Å². The summed E-state index contributed by atoms with van der Waals surface area (Å²) < 4.78 is 4.99. The van der Waals surface area contributed by atoms with Gasteiger partial charge in [-0.15, -0.1) is 0 Å². The van der Waals surface area contributed by atoms with E-state index in [1.54, 1.807) is 6.92 Å². The minimum Gasteiger partial charge on any atom is -0.338 e. The minimum absolute atomic E-state index is 0.133. The van der Waals surface area contributed by atoms with Crippen molar-refractivity contribution in [2.75, 3.05) is 0 Å². The molecule has 1 aromatic rings. The van der Waals surface area contributed by atoms with Gasteiger partial charge in [0.25, 0.3) is 0 Å². The largest absolute Gasteiger partial charge is 0.338 e. The van der Waals surface area contributed by atoms with E-state index in [-0.39, 0.29) is 12.0 Å². The predicted molar refractivity (Wildman–Crippen MR) is 52.6 cm³/mol. The van der Waals surface area contributed by atoms with E-state index >= 15 is 0 Å². The normalized spacial score (nSPS) is 25.3. The molecule has 15 heavy (non-hydrogen) atoms. The lowest BCUT2D eigenvalue weighted by Gasteiger charge is -2.13. The van der Waals surface area contributed by atoms with Crippen LogP contribution < -0.4 is 5.32 Å². The Hall–Kier alpha value is -1.41. The highest BCUT2D eigenvalue weighted by atomic mass is 16.5. The first-order valence-electron chi connectivity index (χ1n) is 5.22. The topological polar surface area (TPSA) is 74.7 Å². The van der Waals surface area contributed by atoms with E-state index in [1.807, 2.05) is 0 Å². The first-order valence-corrected chi connectivity index (χ1v) is 5.22. The number of nitriles is 1. The maximum absolute atomic E-state index is 8.90. The van der Waals surface area contributed by atoms with Crippen LogP contribution in [0.1, 0.15) is 31.0 Å². The summed E-state index contributed by atoms with van der Waals surface area (Å²) in [6, 6.07) is 2.61. The van der Waals surface area contributed by atoms with Gasteiger partial charge in [0.1, 0.15) is 0 Å². The van der Waals surface area contributed by atoms with Gasteiger partial charge in [0.2, 0.25) is 5.89 Å². The molecular formula is C10H14N4O. The van der Waals surface area contributed by atoms with Crippen molar-refractivity contribution < 1.29 is 4.52 Å². The number of aryl methyl sites for hydroxylation is 1. The van der Waals surface area contributed by atoms with E-state index in [0.717, 1.165) is 19.3 Å². The third kappa shape index (κ3) is 2.34. The van der Waals surface area contributed by atoms with Gasteiger partial charge in [-0.1, -0.05) is 11.6 Å². The average molecular weight is 206 g/mol. The molecule has 5 nitrogen and oxygen atoms in total. The second-order valence-electron chi connectivity index (χ2n) is 3.89. The number of nitrogens with one attached hydrogen (secondary N) is 1. The molecule has 0 spiro atoms. The quantitative estimate of drug-likeness (QED) is 0.803. The first kappa shape index (κ1) is 10.1. The zero-order chi connectivity index (χ0) is 10.7. The molecule has 2 atom stereocenters. The number of rotatable bonds is 3. The van der Waals surface area contributed by atoms with Crippen molar-refractivity contribution in [1.29, 1.82) is 5.26 Å². The fourth-order valence-corrected chi connectivity index (χ4v) is 1.99. The SMILES string of the molecule is Cc1noc(CNC2CCCC2C#N)n1. The van der Waals surface area contributed by atoms with Crippen LogP contribution in [0.5, 0.6) is 0 Å². The Morgan fingerprint density at radius 3 is 3.13 bits per heavy atom. The van der Waals surface area contributed by atoms with Crippen LogP contribution in [0.3, 0.4) is 0 Å². The van der Waals surface area contributed by atoms with Gasteiger partial charge < -0.3 is 9.84 Å². The van der Waals surface area contributed by atoms with E-state index in [1.165, 1.54) is 0 Å². The molecule has 1 aromatic heterocycles. The molecule has 1 saturated carbocycles. The Kier molecular flexibility index (Phi) is 2.97. The van der Waals surface area contributed by atoms with Crippen LogP contribution in [-0.4, -0.2) is 16.2 Å². The van der Waals surface area contributed by atoms with E-state index in [0.29, 0.717) is 18.3 Å². The summed E-state index contributed by atoms with van der Waals surface area (Å²) in [4.78, 5) is 4.10. The average Bonchev–Trinajstić information content (AvgIpc) is 2.83. The first-order chi connectivity index (χ1) is 7.29. The van der Waals surface area contributed by atoms with Crippen LogP contribution in [0.4, 0.5) is 0 Å². The molecule has 2 unspecified atom stereocenters. The Labute approximate surface area is 88.5 Å². The van der Waals surface area contributed by atoms with Crippen molar-refractivity contribution in [2.45, 2.75) is 38.8 Å². The van der Waals surface area contributed by atoms with Gasteiger partial charge in [0, 0.05) is 6.04 Å². The van der Waals surface area contributed by atoms with Gasteiger partial charge in [0.15, 0.2) is 5.82 Å². The van der Waals surface area contributed by atoms with Crippen LogP contribution in [0.15, 0.2) is 4.52 Å². The summed E-state index contributed by atoms with van der Waals surface area (Å²) in [6.07, 6.45) is 3.18. The predicted octanol–water partition coefficient (Wildman–Crippen LogP) is 1.16. The molecule has 0 radical (unpaired) electrons. The standard InChI is InChI=1S/C10H14N4O/c1-7-13-10(15-14-7)6-12-9-4-2-3-8(9)5-11/h8-9,12H,2-4,6H2,1H3. The van der Waals surface area contributed by atoms with Crippen molar-refractivity contribution in [3.05, 3.63) is 11.7 Å². The molecule has 1 aliphatic carbocycles. The molecular weight excluding hydrogens is 192 g/mol. The molecule has 0 bridgehead atoms. The van der Waals surface area contributed by atoms with Crippen LogP contribution in [0.25, 0.3) is 0 Å². The van der Waals surface area contributed by atoms with Crippen LogP contribution in [0, 0.1) is 24.2 Å². The van der Waals surface area contributed by atoms with Crippen molar-refractivity contribution in [2.24, 2.45) is 5.92 Å². The molecule has 0 aromatic carbocycles. The van der Waals surface area contributed by atoms with Gasteiger partial charge in [-0.2, -0.15) is 10.2 Å². The number of aromatic nitrogens is 2. The fourth-order valence-electron chi connectivity index (χ4n) is 1.99. The molecule has 0 amide bonds. The lowest BCUT2D eigenvalue weighted by atomic mass is 10.1. The van der Waals surface area contributed by atoms with E-state index in [4.69, 9.17) is 9.78 Å². The fraction of sp³-hybridized carbons (Fsp3) is 0.700. The van der Waals surface area contributed by atoms with Crippen LogP contribution in [0.2, 0.25) is 0 Å². The van der Waals surface area contributed by atoms with Crippen molar-refractivity contribution >= 4 is 0 Å². The minimum atomic E-state index is 0.133. The third-order valence-corrected chi connectivity index (χ3v) is 2.77. The highest BCUT2D eigenvalue weighted by Crippen LogP contribution is 2.24. The summed E-state index contributed by atoms with van der Waals surface area (Å²) in [5, 5.41) is 15.9. The zero-order valence-corrected chi connectivity index (χ0v) is 8.73. The summed E-state index contributed by atoms with van der Waals surface area (Å²) >= 11 is 0. The highest BCUT2D eigenvalue weighted by molar-refractivity contribution is 4.97. The molecule has 2 rings (SSSR count). The monoisotopic (exact) mass is 206 g/mol. The Morgan fingerprint density at radius 2 is 2.47 bits per heavy atom. The maximum atomic E-state index is 8.90. The second-order valence-corrected chi connectivity index (χ2v) is 3.89. The van der Waals surface area contributed by atoms with Crippen molar-refractivity contribution in [1.82, 2.24) is 15.5 Å². The zero-order valence-electron chi connectivity index (χ0n) is 8.73. The lowest BCUT2D eigenvalue weighted by Crippen LogP contribution is -2.31. The van der Waals surface area contributed by atoms with Gasteiger partial charge in [-0.25, -0.2) is 0 Å². The van der Waals surface area contributed by atoms with Crippen LogP contribution in [-0.2, 0) is 6.54 Å². The molecule has 5 heteroatoms. The Morgan fingerprint density at radius 1 is 1.60 bits per heavy atom. The lowest BCUT2D eigenvalue weighted by molar-refractivity contribution is 0.347. The summed E-state index contributed by atoms with van der Waals surface area (Å²) in [7, 11) is 0. The van der Waals surface area contributed by atoms with Crippen molar-refractivity contribution in [3.8, 4) is 6.07 Å². The highest BCUT2D eigenvalue weighted by Gasteiger charge is 2.26. The second kappa shape index (κ2) is 4.41. The molecule has 0 saturated heterocycles. The van der Waals surface area contributed by atoms with Gasteiger partial charge in [0.05, 0.1) is 18.5 Å². The summed E-state index contributed by atoms with van der Waals surface area (Å²) in [5.74, 6) is 1.38. The van der Waals surface area contributed by atoms with Crippen LogP contribution >= 0.6 is 0 Å². The summed E-state index contributed by atoms with van der Waals surface area (Å²) in [5.41, 5.74) is 0. The molecule has 0 aliphatic heterocycles. The van der Waals surface area contributed by atoms with Gasteiger partial charge in [-0.3, -0.25) is 0 Å². The maximum Gasteiger partial charge on any atom is 0.240 e. The van der Waals surface area contributed by atoms with E-state index in [9.17, 15) is 0 Å². The third-order valence-electron chi connectivity index (χ3n) is 2.77. The number of hydrogen-bond donors (Lipinski definition) is 1. The summed E-state index contributed by atoms with van der Waals surface area (Å²) in [6.45, 7) is 2.35. The van der Waals surface area contributed by atoms with E-state index < -0.39 is 0 Å².